The minimum atomic E-state index is -0.790. The van der Waals surface area contributed by atoms with E-state index in [2.05, 4.69) is 22.1 Å². The first-order valence-electron chi connectivity index (χ1n) is 11.5. The molecule has 2 aliphatic carbocycles. The first-order chi connectivity index (χ1) is 16.1. The first kappa shape index (κ1) is 22.5. The van der Waals surface area contributed by atoms with Crippen molar-refractivity contribution >= 4 is 23.2 Å². The Morgan fingerprint density at radius 3 is 2.79 bits per heavy atom. The number of fused-ring (bicyclic) bond motifs is 2. The van der Waals surface area contributed by atoms with Crippen molar-refractivity contribution in [3.63, 3.8) is 0 Å². The molecular weight excluding hydrogens is 414 g/mol. The standard InChI is InChI=1S/C26H29N5O2/c27-17-30-26(28)31(24-14-18-10-11-20(24)13-18)22-7-3-5-19(15-22)23(8-1-2-9-25(32)33)21-6-4-12-29-16-21/h3-8,12,15-16,18,20,24H,1-2,9-11,13-14H2,(H2,28,30)(H,32,33)/b23-8+. The Balaban J connectivity index is 1.69. The van der Waals surface area contributed by atoms with Crippen LogP contribution in [0.1, 0.15) is 56.1 Å². The molecule has 2 saturated carbocycles. The molecule has 0 aliphatic heterocycles. The minimum absolute atomic E-state index is 0.135. The van der Waals surface area contributed by atoms with Crippen LogP contribution in [0.15, 0.2) is 59.9 Å². The van der Waals surface area contributed by atoms with Crippen LogP contribution in [0, 0.1) is 23.3 Å². The van der Waals surface area contributed by atoms with E-state index in [4.69, 9.17) is 16.1 Å². The average molecular weight is 444 g/mol. The SMILES string of the molecule is N#CN=C(N)N(c1cccc(/C(=C\CCCC(=O)O)c2cccnc2)c1)C1CC2CCC1C2. The topological polar surface area (TPSA) is 116 Å². The van der Waals surface area contributed by atoms with E-state index in [-0.39, 0.29) is 18.4 Å². The summed E-state index contributed by atoms with van der Waals surface area (Å²) in [5, 5.41) is 18.1. The molecule has 2 fully saturated rings. The Kier molecular flexibility index (Phi) is 7.04. The van der Waals surface area contributed by atoms with Crippen LogP contribution in [-0.4, -0.2) is 28.1 Å². The lowest BCUT2D eigenvalue weighted by molar-refractivity contribution is -0.137. The van der Waals surface area contributed by atoms with Gasteiger partial charge in [0.25, 0.3) is 0 Å². The molecule has 0 saturated heterocycles. The van der Waals surface area contributed by atoms with Gasteiger partial charge in [0.05, 0.1) is 0 Å². The maximum atomic E-state index is 10.9. The van der Waals surface area contributed by atoms with Crippen molar-refractivity contribution in [1.82, 2.24) is 4.98 Å². The molecule has 33 heavy (non-hydrogen) atoms. The van der Waals surface area contributed by atoms with Crippen molar-refractivity contribution in [2.75, 3.05) is 4.90 Å². The Bertz CT molecular complexity index is 1090. The number of nitriles is 1. The summed E-state index contributed by atoms with van der Waals surface area (Å²) in [6, 6.07) is 12.3. The van der Waals surface area contributed by atoms with E-state index in [1.807, 2.05) is 47.6 Å². The molecule has 7 heteroatoms. The predicted molar refractivity (Wildman–Crippen MR) is 128 cm³/mol. The lowest BCUT2D eigenvalue weighted by atomic mass is 9.92. The molecule has 1 heterocycles. The molecule has 1 aromatic carbocycles. The highest BCUT2D eigenvalue weighted by atomic mass is 16.4. The van der Waals surface area contributed by atoms with Crippen molar-refractivity contribution in [3.05, 3.63) is 66.0 Å². The summed E-state index contributed by atoms with van der Waals surface area (Å²) >= 11 is 0. The Labute approximate surface area is 194 Å². The number of hydrogen-bond acceptors (Lipinski definition) is 4. The number of carboxylic acid groups (broad SMARTS) is 1. The molecule has 0 amide bonds. The number of aliphatic carboxylic acids is 1. The van der Waals surface area contributed by atoms with Gasteiger partial charge in [0.2, 0.25) is 12.2 Å². The summed E-state index contributed by atoms with van der Waals surface area (Å²) in [6.07, 6.45) is 13.6. The fourth-order valence-corrected chi connectivity index (χ4v) is 5.37. The maximum absolute atomic E-state index is 10.9. The van der Waals surface area contributed by atoms with Gasteiger partial charge in [-0.25, -0.2) is 0 Å². The van der Waals surface area contributed by atoms with Gasteiger partial charge < -0.3 is 15.7 Å². The van der Waals surface area contributed by atoms with Gasteiger partial charge >= 0.3 is 5.97 Å². The van der Waals surface area contributed by atoms with Gasteiger partial charge in [-0.2, -0.15) is 5.26 Å². The number of aliphatic imine (C=N–C) groups is 1. The monoisotopic (exact) mass is 443 g/mol. The summed E-state index contributed by atoms with van der Waals surface area (Å²) in [7, 11) is 0. The van der Waals surface area contributed by atoms with Crippen LogP contribution in [0.2, 0.25) is 0 Å². The zero-order chi connectivity index (χ0) is 23.2. The second-order valence-corrected chi connectivity index (χ2v) is 8.88. The molecule has 4 rings (SSSR count). The fourth-order valence-electron chi connectivity index (χ4n) is 5.37. The fraction of sp³-hybridized carbons (Fsp3) is 0.385. The summed E-state index contributed by atoms with van der Waals surface area (Å²) in [5.74, 6) is 0.735. The number of rotatable bonds is 8. The van der Waals surface area contributed by atoms with Crippen molar-refractivity contribution in [2.45, 2.75) is 51.0 Å². The molecule has 0 spiro atoms. The van der Waals surface area contributed by atoms with E-state index in [9.17, 15) is 4.79 Å². The predicted octanol–water partition coefficient (Wildman–Crippen LogP) is 4.56. The normalized spacial score (nSPS) is 22.2. The molecule has 7 nitrogen and oxygen atoms in total. The van der Waals surface area contributed by atoms with Gasteiger partial charge in [0.1, 0.15) is 0 Å². The van der Waals surface area contributed by atoms with E-state index in [0.717, 1.165) is 34.7 Å². The average Bonchev–Trinajstić information content (AvgIpc) is 3.44. The van der Waals surface area contributed by atoms with E-state index in [1.54, 1.807) is 6.20 Å². The highest BCUT2D eigenvalue weighted by Gasteiger charge is 2.43. The summed E-state index contributed by atoms with van der Waals surface area (Å²) in [6.45, 7) is 0. The molecular formula is C26H29N5O2. The number of anilines is 1. The Hall–Kier alpha value is -3.66. The summed E-state index contributed by atoms with van der Waals surface area (Å²) in [5.41, 5.74) is 10.2. The maximum Gasteiger partial charge on any atom is 0.303 e. The van der Waals surface area contributed by atoms with Gasteiger partial charge in [-0.3, -0.25) is 9.78 Å². The largest absolute Gasteiger partial charge is 0.481 e. The first-order valence-corrected chi connectivity index (χ1v) is 11.5. The Morgan fingerprint density at radius 1 is 1.27 bits per heavy atom. The van der Waals surface area contributed by atoms with E-state index in [1.165, 1.54) is 19.3 Å². The number of aromatic nitrogens is 1. The van der Waals surface area contributed by atoms with E-state index < -0.39 is 5.97 Å². The summed E-state index contributed by atoms with van der Waals surface area (Å²) in [4.78, 5) is 21.1. The van der Waals surface area contributed by atoms with Gasteiger partial charge in [0.15, 0.2) is 0 Å². The number of pyridine rings is 1. The second-order valence-electron chi connectivity index (χ2n) is 8.88. The molecule has 1 aromatic heterocycles. The van der Waals surface area contributed by atoms with Crippen LogP contribution < -0.4 is 10.6 Å². The van der Waals surface area contributed by atoms with Crippen LogP contribution in [0.4, 0.5) is 5.69 Å². The van der Waals surface area contributed by atoms with Gasteiger partial charge in [-0.1, -0.05) is 30.7 Å². The van der Waals surface area contributed by atoms with Crippen molar-refractivity contribution in [3.8, 4) is 6.19 Å². The number of guanidine groups is 1. The third kappa shape index (κ3) is 5.23. The number of hydrogen-bond donors (Lipinski definition) is 2. The zero-order valence-corrected chi connectivity index (χ0v) is 18.6. The molecule has 3 unspecified atom stereocenters. The number of nitrogens with zero attached hydrogens (tertiary/aromatic N) is 4. The van der Waals surface area contributed by atoms with Crippen molar-refractivity contribution in [2.24, 2.45) is 22.6 Å². The van der Waals surface area contributed by atoms with Gasteiger partial charge in [-0.05, 0) is 73.3 Å². The lowest BCUT2D eigenvalue weighted by Gasteiger charge is -2.35. The number of carboxylic acids is 1. The van der Waals surface area contributed by atoms with Gasteiger partial charge in [-0.15, -0.1) is 4.99 Å². The number of allylic oxidation sites excluding steroid dienone is 1. The van der Waals surface area contributed by atoms with Crippen LogP contribution in [0.3, 0.4) is 0 Å². The highest BCUT2D eigenvalue weighted by Crippen LogP contribution is 2.47. The molecule has 170 valence electrons. The zero-order valence-electron chi connectivity index (χ0n) is 18.6. The third-order valence-corrected chi connectivity index (χ3v) is 6.79. The molecule has 3 N–H and O–H groups in total. The van der Waals surface area contributed by atoms with Crippen LogP contribution in [0.25, 0.3) is 5.57 Å². The highest BCUT2D eigenvalue weighted by molar-refractivity contribution is 5.97. The van der Waals surface area contributed by atoms with Crippen LogP contribution in [-0.2, 0) is 4.79 Å². The smallest absolute Gasteiger partial charge is 0.303 e. The number of unbranched alkanes of at least 4 members (excludes halogenated alkanes) is 1. The third-order valence-electron chi connectivity index (χ3n) is 6.79. The number of carbonyl (C=O) groups is 1. The molecule has 3 atom stereocenters. The molecule has 2 bridgehead atoms. The van der Waals surface area contributed by atoms with E-state index in [0.29, 0.717) is 18.8 Å². The van der Waals surface area contributed by atoms with Crippen LogP contribution >= 0.6 is 0 Å². The minimum Gasteiger partial charge on any atom is -0.481 e. The van der Waals surface area contributed by atoms with Crippen LogP contribution in [0.5, 0.6) is 0 Å². The van der Waals surface area contributed by atoms with E-state index >= 15 is 0 Å². The molecule has 2 aliphatic rings. The van der Waals surface area contributed by atoms with Crippen molar-refractivity contribution in [1.29, 1.82) is 5.26 Å². The summed E-state index contributed by atoms with van der Waals surface area (Å²) < 4.78 is 0. The second kappa shape index (κ2) is 10.3. The van der Waals surface area contributed by atoms with Crippen molar-refractivity contribution < 1.29 is 9.90 Å². The number of benzene rings is 1. The van der Waals surface area contributed by atoms with Gasteiger partial charge in [0, 0.05) is 36.1 Å². The quantitative estimate of drug-likeness (QED) is 0.267. The Morgan fingerprint density at radius 2 is 2.12 bits per heavy atom. The molecule has 0 radical (unpaired) electrons. The lowest BCUT2D eigenvalue weighted by Crippen LogP contribution is -2.47. The number of nitrogens with two attached hydrogens (primary N) is 1. The molecule has 2 aromatic rings.